The van der Waals surface area contributed by atoms with Crippen molar-refractivity contribution in [3.63, 3.8) is 0 Å². The smallest absolute Gasteiger partial charge is 0.126 e. The van der Waals surface area contributed by atoms with Gasteiger partial charge in [-0.3, -0.25) is 0 Å². The van der Waals surface area contributed by atoms with Gasteiger partial charge in [0.25, 0.3) is 0 Å². The molecule has 2 aromatic carbocycles. The van der Waals surface area contributed by atoms with Crippen molar-refractivity contribution in [2.45, 2.75) is 38.0 Å². The molecule has 0 heterocycles. The highest BCUT2D eigenvalue weighted by Gasteiger charge is 2.28. The Kier molecular flexibility index (Phi) is 3.37. The summed E-state index contributed by atoms with van der Waals surface area (Å²) >= 11 is 0. The van der Waals surface area contributed by atoms with E-state index >= 15 is 0 Å². The van der Waals surface area contributed by atoms with E-state index in [1.54, 1.807) is 6.07 Å². The van der Waals surface area contributed by atoms with Crippen LogP contribution in [0.5, 0.6) is 0 Å². The van der Waals surface area contributed by atoms with E-state index in [1.165, 1.54) is 24.0 Å². The fourth-order valence-corrected chi connectivity index (χ4v) is 3.36. The Labute approximate surface area is 114 Å². The zero-order chi connectivity index (χ0) is 13.2. The SMILES string of the molecule is Cc1c(F)cccc1C1CCC(c2ccccc2)C1. The van der Waals surface area contributed by atoms with Crippen molar-refractivity contribution in [3.8, 4) is 0 Å². The van der Waals surface area contributed by atoms with E-state index < -0.39 is 0 Å². The third kappa shape index (κ3) is 2.42. The predicted octanol–water partition coefficient (Wildman–Crippen LogP) is 5.19. The van der Waals surface area contributed by atoms with Crippen molar-refractivity contribution in [2.24, 2.45) is 0 Å². The Bertz CT molecular complexity index is 559. The van der Waals surface area contributed by atoms with Crippen LogP contribution in [-0.2, 0) is 0 Å². The Hall–Kier alpha value is -1.63. The highest BCUT2D eigenvalue weighted by atomic mass is 19.1. The molecule has 0 nitrogen and oxygen atoms in total. The lowest BCUT2D eigenvalue weighted by Gasteiger charge is -2.15. The summed E-state index contributed by atoms with van der Waals surface area (Å²) in [6.45, 7) is 1.90. The van der Waals surface area contributed by atoms with Crippen LogP contribution >= 0.6 is 0 Å². The van der Waals surface area contributed by atoms with Crippen LogP contribution in [0.1, 0.15) is 47.8 Å². The fraction of sp³-hybridized carbons (Fsp3) is 0.333. The van der Waals surface area contributed by atoms with Gasteiger partial charge >= 0.3 is 0 Å². The first-order valence-electron chi connectivity index (χ1n) is 7.05. The molecule has 1 saturated carbocycles. The number of halogens is 1. The van der Waals surface area contributed by atoms with Gasteiger partial charge < -0.3 is 0 Å². The predicted molar refractivity (Wildman–Crippen MR) is 76.9 cm³/mol. The summed E-state index contributed by atoms with van der Waals surface area (Å²) in [6, 6.07) is 16.2. The molecule has 19 heavy (non-hydrogen) atoms. The van der Waals surface area contributed by atoms with E-state index in [4.69, 9.17) is 0 Å². The molecule has 0 saturated heterocycles. The van der Waals surface area contributed by atoms with Crippen LogP contribution < -0.4 is 0 Å². The minimum Gasteiger partial charge on any atom is -0.207 e. The van der Waals surface area contributed by atoms with Gasteiger partial charge in [-0.05, 0) is 60.8 Å². The zero-order valence-electron chi connectivity index (χ0n) is 11.3. The number of hydrogen-bond donors (Lipinski definition) is 0. The first kappa shape index (κ1) is 12.4. The molecule has 3 rings (SSSR count). The van der Waals surface area contributed by atoms with Crippen LogP contribution in [0.15, 0.2) is 48.5 Å². The van der Waals surface area contributed by atoms with Gasteiger partial charge in [-0.2, -0.15) is 0 Å². The summed E-state index contributed by atoms with van der Waals surface area (Å²) in [6.07, 6.45) is 3.53. The average Bonchev–Trinajstić information content (AvgIpc) is 2.92. The summed E-state index contributed by atoms with van der Waals surface area (Å²) in [4.78, 5) is 0. The van der Waals surface area contributed by atoms with Crippen LogP contribution in [0.25, 0.3) is 0 Å². The summed E-state index contributed by atoms with van der Waals surface area (Å²) in [7, 11) is 0. The first-order valence-corrected chi connectivity index (χ1v) is 7.05. The Morgan fingerprint density at radius 2 is 1.63 bits per heavy atom. The second-order valence-corrected chi connectivity index (χ2v) is 5.57. The normalized spacial score (nSPS) is 22.6. The summed E-state index contributed by atoms with van der Waals surface area (Å²) in [5, 5.41) is 0. The second kappa shape index (κ2) is 5.16. The lowest BCUT2D eigenvalue weighted by molar-refractivity contribution is 0.605. The molecule has 0 amide bonds. The van der Waals surface area contributed by atoms with Crippen LogP contribution in [-0.4, -0.2) is 0 Å². The largest absolute Gasteiger partial charge is 0.207 e. The molecular weight excluding hydrogens is 235 g/mol. The molecule has 1 aliphatic carbocycles. The van der Waals surface area contributed by atoms with E-state index in [2.05, 4.69) is 36.4 Å². The topological polar surface area (TPSA) is 0 Å². The highest BCUT2D eigenvalue weighted by Crippen LogP contribution is 2.44. The van der Waals surface area contributed by atoms with Crippen LogP contribution in [0, 0.1) is 12.7 Å². The maximum Gasteiger partial charge on any atom is 0.126 e. The van der Waals surface area contributed by atoms with Crippen molar-refractivity contribution in [1.82, 2.24) is 0 Å². The third-order valence-electron chi connectivity index (χ3n) is 4.45. The molecule has 0 aliphatic heterocycles. The van der Waals surface area contributed by atoms with Gasteiger partial charge in [0.15, 0.2) is 0 Å². The van der Waals surface area contributed by atoms with Crippen molar-refractivity contribution in [2.75, 3.05) is 0 Å². The molecule has 0 aromatic heterocycles. The third-order valence-corrected chi connectivity index (χ3v) is 4.45. The van der Waals surface area contributed by atoms with Crippen LogP contribution in [0.3, 0.4) is 0 Å². The van der Waals surface area contributed by atoms with Gasteiger partial charge in [-0.15, -0.1) is 0 Å². The average molecular weight is 254 g/mol. The van der Waals surface area contributed by atoms with Gasteiger partial charge in [0.1, 0.15) is 5.82 Å². The standard InChI is InChI=1S/C18H19F/c1-13-17(8-5-9-18(13)19)16-11-10-15(12-16)14-6-3-2-4-7-14/h2-9,15-16H,10-12H2,1H3. The fourth-order valence-electron chi connectivity index (χ4n) is 3.36. The molecule has 0 N–H and O–H groups in total. The molecule has 0 radical (unpaired) electrons. The molecule has 2 aromatic rings. The lowest BCUT2D eigenvalue weighted by atomic mass is 9.90. The lowest BCUT2D eigenvalue weighted by Crippen LogP contribution is -1.99. The number of rotatable bonds is 2. The van der Waals surface area contributed by atoms with E-state index in [0.717, 1.165) is 12.0 Å². The first-order chi connectivity index (χ1) is 9.25. The monoisotopic (exact) mass is 254 g/mol. The summed E-state index contributed by atoms with van der Waals surface area (Å²) in [5.41, 5.74) is 3.47. The molecule has 0 bridgehead atoms. The van der Waals surface area contributed by atoms with E-state index in [0.29, 0.717) is 11.8 Å². The van der Waals surface area contributed by atoms with Crippen LogP contribution in [0.2, 0.25) is 0 Å². The number of hydrogen-bond acceptors (Lipinski definition) is 0. The van der Waals surface area contributed by atoms with Gasteiger partial charge in [0.2, 0.25) is 0 Å². The van der Waals surface area contributed by atoms with Gasteiger partial charge in [-0.1, -0.05) is 42.5 Å². The zero-order valence-corrected chi connectivity index (χ0v) is 11.3. The highest BCUT2D eigenvalue weighted by molar-refractivity contribution is 5.33. The summed E-state index contributed by atoms with van der Waals surface area (Å²) in [5.74, 6) is 1.08. The molecule has 1 aliphatic rings. The molecule has 0 spiro atoms. The van der Waals surface area contributed by atoms with Crippen molar-refractivity contribution in [3.05, 3.63) is 71.0 Å². The van der Waals surface area contributed by atoms with Crippen LogP contribution in [0.4, 0.5) is 4.39 Å². The molecule has 1 heteroatoms. The Morgan fingerprint density at radius 3 is 2.42 bits per heavy atom. The molecular formula is C18H19F. The molecule has 2 atom stereocenters. The van der Waals surface area contributed by atoms with E-state index in [-0.39, 0.29) is 5.82 Å². The Balaban J connectivity index is 1.81. The maximum atomic E-state index is 13.7. The van der Waals surface area contributed by atoms with Crippen molar-refractivity contribution >= 4 is 0 Å². The van der Waals surface area contributed by atoms with Gasteiger partial charge in [-0.25, -0.2) is 4.39 Å². The van der Waals surface area contributed by atoms with Gasteiger partial charge in [0, 0.05) is 0 Å². The molecule has 98 valence electrons. The second-order valence-electron chi connectivity index (χ2n) is 5.57. The van der Waals surface area contributed by atoms with E-state index in [9.17, 15) is 4.39 Å². The quantitative estimate of drug-likeness (QED) is 0.692. The van der Waals surface area contributed by atoms with Gasteiger partial charge in [0.05, 0.1) is 0 Å². The maximum absolute atomic E-state index is 13.7. The van der Waals surface area contributed by atoms with Crippen molar-refractivity contribution < 1.29 is 4.39 Å². The molecule has 2 unspecified atom stereocenters. The van der Waals surface area contributed by atoms with Crippen molar-refractivity contribution in [1.29, 1.82) is 0 Å². The Morgan fingerprint density at radius 1 is 0.895 bits per heavy atom. The minimum atomic E-state index is -0.0688. The van der Waals surface area contributed by atoms with E-state index in [1.807, 2.05) is 13.0 Å². The minimum absolute atomic E-state index is 0.0688. The molecule has 1 fully saturated rings. The summed E-state index contributed by atoms with van der Waals surface area (Å²) < 4.78 is 13.7. The number of benzene rings is 2.